The molecule has 0 amide bonds. The van der Waals surface area contributed by atoms with Crippen molar-refractivity contribution < 1.29 is 61.4 Å². The molecular weight excluding hydrogens is 575 g/mol. The molecule has 21 N–H and O–H groups in total. The van der Waals surface area contributed by atoms with E-state index in [-0.39, 0.29) is 48.7 Å². The normalized spacial score (nSPS) is 25.9. The third-order valence-corrected chi connectivity index (χ3v) is 8.02. The first-order valence-electron chi connectivity index (χ1n) is 8.60. The van der Waals surface area contributed by atoms with E-state index in [1.54, 1.807) is 0 Å². The second-order valence-corrected chi connectivity index (χ2v) is 11.0. The number of nitrogens with zero attached hydrogens (tertiary/aromatic N) is 3. The first kappa shape index (κ1) is 37.6. The van der Waals surface area contributed by atoms with Crippen LogP contribution in [0.5, 0.6) is 0 Å². The SMILES string of the molecule is CN1CN([C@@H]2O[C@H](COP(=O)([O-])OP(=O)([O-])OP(=O)([O-])[O-])[C@@H](O)[C@H]2O)c2nc(N)[nH]c(=O)c21.[NH4+].[NH4+].[NH4+].[NH4+]. The molecular formula is C11H32N9O14P3. The van der Waals surface area contributed by atoms with Gasteiger partial charge in [-0.25, -0.2) is 4.31 Å². The maximum atomic E-state index is 12.1. The predicted octanol–water partition coefficient (Wildman–Crippen LogP) is -3.67. The lowest BCUT2D eigenvalue weighted by Gasteiger charge is -2.37. The van der Waals surface area contributed by atoms with Crippen molar-refractivity contribution >= 4 is 40.9 Å². The highest BCUT2D eigenvalue weighted by molar-refractivity contribution is 7.64. The Morgan fingerprint density at radius 2 is 1.65 bits per heavy atom. The number of anilines is 3. The number of aliphatic hydroxyl groups excluding tert-OH is 2. The number of aliphatic hydroxyl groups is 2. The fraction of sp³-hybridized carbons (Fsp3) is 0.636. The van der Waals surface area contributed by atoms with Crippen molar-refractivity contribution in [1.29, 1.82) is 0 Å². The molecule has 1 aromatic rings. The first-order chi connectivity index (χ1) is 15.0. The monoisotopic (exact) mass is 607 g/mol. The molecule has 2 aliphatic heterocycles. The van der Waals surface area contributed by atoms with Gasteiger partial charge in [-0.3, -0.25) is 23.2 Å². The summed E-state index contributed by atoms with van der Waals surface area (Å²) in [7, 11) is -16.6. The van der Waals surface area contributed by atoms with Crippen molar-refractivity contribution in [3.05, 3.63) is 10.4 Å². The highest BCUT2D eigenvalue weighted by atomic mass is 31.3. The molecule has 2 unspecified atom stereocenters. The standard InChI is InChI=1S/C11H20N5O14P3.4H3N/c1-15-3-16(8-5(15)9(19)14-11(12)13-8)10-7(18)6(17)4(28-10)2-27-32(23,24)30-33(25,26)29-31(20,21)22;;;;/h4,6-7,10,17-18H,2-3H2,1H3,(H,23,24)(H,25,26)(H2,20,21,22)(H3,12,13,14,19);4*1H3/t4-,6-,7-,10-;;;;/m1..../s1. The van der Waals surface area contributed by atoms with Crippen LogP contribution >= 0.6 is 23.5 Å². The molecule has 1 aromatic heterocycles. The van der Waals surface area contributed by atoms with Gasteiger partial charge < -0.3 is 83.7 Å². The maximum absolute atomic E-state index is 12.1. The van der Waals surface area contributed by atoms with Crippen LogP contribution in [0.25, 0.3) is 0 Å². The van der Waals surface area contributed by atoms with E-state index in [2.05, 4.69) is 23.1 Å². The van der Waals surface area contributed by atoms with Crippen molar-refractivity contribution in [2.24, 2.45) is 0 Å². The number of nitrogens with two attached hydrogens (primary N) is 1. The zero-order valence-electron chi connectivity index (χ0n) is 20.3. The molecule has 220 valence electrons. The van der Waals surface area contributed by atoms with Crippen molar-refractivity contribution in [2.45, 2.75) is 24.5 Å². The summed E-state index contributed by atoms with van der Waals surface area (Å²) in [6.45, 7) is -1.16. The lowest BCUT2D eigenvalue weighted by Crippen LogP contribution is -2.45. The van der Waals surface area contributed by atoms with Crippen LogP contribution in [0.3, 0.4) is 0 Å². The van der Waals surface area contributed by atoms with Gasteiger partial charge in [-0.05, 0) is 0 Å². The number of rotatable bonds is 8. The van der Waals surface area contributed by atoms with Gasteiger partial charge in [0.05, 0.1) is 21.1 Å². The Labute approximate surface area is 208 Å². The molecule has 1 saturated heterocycles. The number of H-pyrrole nitrogens is 1. The quantitative estimate of drug-likeness (QED) is 0.132. The van der Waals surface area contributed by atoms with Crippen LogP contribution in [0.4, 0.5) is 17.5 Å². The molecule has 0 aromatic carbocycles. The van der Waals surface area contributed by atoms with Crippen LogP contribution in [0, 0.1) is 0 Å². The van der Waals surface area contributed by atoms with E-state index in [0.717, 1.165) is 0 Å². The number of phosphoric acid groups is 3. The summed E-state index contributed by atoms with van der Waals surface area (Å²) in [5.74, 6) is -0.250. The van der Waals surface area contributed by atoms with E-state index in [0.29, 0.717) is 0 Å². The van der Waals surface area contributed by atoms with Gasteiger partial charge in [0.15, 0.2) is 12.0 Å². The summed E-state index contributed by atoms with van der Waals surface area (Å²) >= 11 is 0. The molecule has 3 rings (SSSR count). The van der Waals surface area contributed by atoms with Gasteiger partial charge in [-0.15, -0.1) is 0 Å². The Morgan fingerprint density at radius 1 is 1.08 bits per heavy atom. The van der Waals surface area contributed by atoms with E-state index in [1.807, 2.05) is 0 Å². The van der Waals surface area contributed by atoms with Crippen LogP contribution in [-0.4, -0.2) is 65.0 Å². The minimum atomic E-state index is -6.16. The second kappa shape index (κ2) is 13.0. The molecule has 0 spiro atoms. The second-order valence-electron chi connectivity index (χ2n) is 6.78. The number of hydrogen-bond acceptors (Lipinski definition) is 18. The fourth-order valence-corrected chi connectivity index (χ4v) is 6.02. The summed E-state index contributed by atoms with van der Waals surface area (Å²) in [6, 6.07) is 0. The minimum absolute atomic E-state index is 0. The van der Waals surface area contributed by atoms with Crippen molar-refractivity contribution in [2.75, 3.05) is 35.9 Å². The number of ether oxygens (including phenoxy) is 1. The largest absolute Gasteiger partial charge is 0.790 e. The number of fused-ring (bicyclic) bond motifs is 1. The van der Waals surface area contributed by atoms with Crippen LogP contribution in [0.15, 0.2) is 4.79 Å². The van der Waals surface area contributed by atoms with Crippen LogP contribution in [0.2, 0.25) is 0 Å². The maximum Gasteiger partial charge on any atom is 0.278 e. The van der Waals surface area contributed by atoms with Gasteiger partial charge in [-0.2, -0.15) is 4.98 Å². The molecule has 3 heterocycles. The van der Waals surface area contributed by atoms with E-state index in [4.69, 9.17) is 10.5 Å². The third kappa shape index (κ3) is 8.71. The summed E-state index contributed by atoms with van der Waals surface area (Å²) in [5, 5.41) is 20.5. The highest BCUT2D eigenvalue weighted by Gasteiger charge is 2.49. The van der Waals surface area contributed by atoms with Gasteiger partial charge in [0, 0.05) is 7.05 Å². The predicted molar refractivity (Wildman–Crippen MR) is 121 cm³/mol. The molecule has 0 aliphatic carbocycles. The van der Waals surface area contributed by atoms with E-state index in [1.165, 1.54) is 16.8 Å². The molecule has 26 heteroatoms. The van der Waals surface area contributed by atoms with Gasteiger partial charge in [-0.1, -0.05) is 0 Å². The Kier molecular flexibility index (Phi) is 13.2. The topological polar surface area (TPSA) is 445 Å². The highest BCUT2D eigenvalue weighted by Crippen LogP contribution is 2.60. The van der Waals surface area contributed by atoms with Crippen LogP contribution in [-0.2, 0) is 31.6 Å². The van der Waals surface area contributed by atoms with Crippen molar-refractivity contribution in [3.8, 4) is 0 Å². The van der Waals surface area contributed by atoms with Crippen molar-refractivity contribution in [1.82, 2.24) is 34.6 Å². The lowest BCUT2D eigenvalue weighted by molar-refractivity contribution is -0.339. The zero-order valence-corrected chi connectivity index (χ0v) is 23.0. The molecule has 0 saturated carbocycles. The van der Waals surface area contributed by atoms with E-state index < -0.39 is 60.2 Å². The Balaban J connectivity index is 0. The summed E-state index contributed by atoms with van der Waals surface area (Å²) in [4.78, 5) is 64.6. The molecule has 37 heavy (non-hydrogen) atoms. The van der Waals surface area contributed by atoms with Crippen LogP contribution in [0.1, 0.15) is 0 Å². The van der Waals surface area contributed by atoms with E-state index >= 15 is 0 Å². The van der Waals surface area contributed by atoms with Gasteiger partial charge >= 0.3 is 0 Å². The average molecular weight is 607 g/mol. The number of phosphoric ester groups is 1. The number of hydrogen-bond donors (Lipinski definition) is 8. The zero-order chi connectivity index (χ0) is 24.9. The first-order valence-corrected chi connectivity index (χ1v) is 13.0. The summed E-state index contributed by atoms with van der Waals surface area (Å²) in [6.07, 6.45) is -6.42. The van der Waals surface area contributed by atoms with Gasteiger partial charge in [0.1, 0.15) is 24.0 Å². The summed E-state index contributed by atoms with van der Waals surface area (Å²) in [5.41, 5.74) is 5.02. The lowest BCUT2D eigenvalue weighted by atomic mass is 10.1. The molecule has 0 bridgehead atoms. The third-order valence-electron chi connectivity index (χ3n) is 4.35. The number of nitrogen functional groups attached to an aromatic ring is 1. The van der Waals surface area contributed by atoms with E-state index in [9.17, 15) is 48.3 Å². The Morgan fingerprint density at radius 3 is 2.19 bits per heavy atom. The Hall–Kier alpha value is -1.59. The number of aromatic amines is 1. The summed E-state index contributed by atoms with van der Waals surface area (Å²) < 4.78 is 49.3. The number of nitrogens with one attached hydrogen (secondary N) is 1. The fourth-order valence-electron chi connectivity index (χ4n) is 3.16. The number of quaternary nitrogens is 4. The molecule has 6 atom stereocenters. The average Bonchev–Trinajstić information content (AvgIpc) is 3.07. The van der Waals surface area contributed by atoms with Gasteiger partial charge in [0.25, 0.3) is 21.2 Å². The van der Waals surface area contributed by atoms with Gasteiger partial charge in [0.2, 0.25) is 5.95 Å². The van der Waals surface area contributed by atoms with Crippen LogP contribution < -0.4 is 65.3 Å². The molecule has 1 fully saturated rings. The molecule has 23 nitrogen and oxygen atoms in total. The Bertz CT molecular complexity index is 1120. The number of aromatic nitrogens is 2. The minimum Gasteiger partial charge on any atom is -0.790 e. The molecule has 0 radical (unpaired) electrons. The smallest absolute Gasteiger partial charge is 0.278 e. The molecule has 2 aliphatic rings. The van der Waals surface area contributed by atoms with Crippen molar-refractivity contribution in [3.63, 3.8) is 0 Å².